The van der Waals surface area contributed by atoms with Gasteiger partial charge in [-0.05, 0) is 74.7 Å². The molecule has 166 valence electrons. The van der Waals surface area contributed by atoms with Crippen LogP contribution in [0.2, 0.25) is 0 Å². The highest BCUT2D eigenvalue weighted by Gasteiger charge is 2.40. The van der Waals surface area contributed by atoms with Gasteiger partial charge in [0.15, 0.2) is 0 Å². The molecule has 0 heterocycles. The molecule has 1 aliphatic carbocycles. The number of rotatable bonds is 13. The number of aliphatic hydroxyl groups excluding tert-OH is 1. The second-order valence-electron chi connectivity index (χ2n) is 9.17. The van der Waals surface area contributed by atoms with Crippen LogP contribution in [0.3, 0.4) is 0 Å². The van der Waals surface area contributed by atoms with Crippen LogP contribution in [0.1, 0.15) is 76.3 Å². The van der Waals surface area contributed by atoms with E-state index < -0.39 is 7.53 Å². The zero-order valence-electron chi connectivity index (χ0n) is 18.7. The fourth-order valence-electron chi connectivity index (χ4n) is 5.45. The topological polar surface area (TPSA) is 29.5 Å². The SMILES string of the molecule is CCCCC[C@@H](CC[C@@H]1[C@@H](Cc2cccc(C)c2)[C@@H](CCO)C[C@H]1C)OP(P)P. The zero-order chi connectivity index (χ0) is 21.2. The van der Waals surface area contributed by atoms with Gasteiger partial charge in [0.05, 0.1) is 13.6 Å². The lowest BCUT2D eigenvalue weighted by Gasteiger charge is -2.28. The van der Waals surface area contributed by atoms with Crippen LogP contribution in [-0.4, -0.2) is 17.8 Å². The van der Waals surface area contributed by atoms with Gasteiger partial charge in [0.25, 0.3) is 0 Å². The van der Waals surface area contributed by atoms with Crippen molar-refractivity contribution in [2.24, 2.45) is 23.7 Å². The van der Waals surface area contributed by atoms with Crippen molar-refractivity contribution in [3.63, 3.8) is 0 Å². The van der Waals surface area contributed by atoms with Gasteiger partial charge in [0.1, 0.15) is 0 Å². The van der Waals surface area contributed by atoms with Gasteiger partial charge in [-0.3, -0.25) is 0 Å². The molecule has 2 rings (SSSR count). The summed E-state index contributed by atoms with van der Waals surface area (Å²) < 4.78 is 6.29. The fourth-order valence-corrected chi connectivity index (χ4v) is 7.03. The Morgan fingerprint density at radius 3 is 2.62 bits per heavy atom. The molecule has 0 amide bonds. The van der Waals surface area contributed by atoms with Crippen molar-refractivity contribution in [2.75, 3.05) is 6.61 Å². The monoisotopic (exact) mass is 456 g/mol. The maximum atomic E-state index is 9.64. The average Bonchev–Trinajstić information content (AvgIpc) is 2.94. The van der Waals surface area contributed by atoms with E-state index in [2.05, 4.69) is 62.9 Å². The molecule has 0 aliphatic heterocycles. The van der Waals surface area contributed by atoms with E-state index in [4.69, 9.17) is 4.52 Å². The standard InChI is InChI=1S/C24H43O2P3/c1-4-5-6-10-22(26-29(27)28)11-12-23-19(3)16-21(13-14-25)24(23)17-20-9-7-8-18(2)15-20/h7-9,15,19,21-25H,4-6,10-14,16-17,27-28H2,1-3H3/t19-,21+,22+,23+,24+/m1/s1. The molecular weight excluding hydrogens is 413 g/mol. The van der Waals surface area contributed by atoms with E-state index in [1.54, 1.807) is 0 Å². The summed E-state index contributed by atoms with van der Waals surface area (Å²) in [4.78, 5) is 0. The summed E-state index contributed by atoms with van der Waals surface area (Å²) in [5.74, 6) is 2.82. The Morgan fingerprint density at radius 2 is 1.97 bits per heavy atom. The van der Waals surface area contributed by atoms with Gasteiger partial charge in [0.2, 0.25) is 0 Å². The quantitative estimate of drug-likeness (QED) is 0.246. The third-order valence-corrected chi connectivity index (χ3v) is 8.11. The van der Waals surface area contributed by atoms with E-state index in [1.807, 2.05) is 0 Å². The smallest absolute Gasteiger partial charge is 0.0643 e. The molecule has 1 fully saturated rings. The molecule has 0 bridgehead atoms. The first-order chi connectivity index (χ1) is 13.9. The number of hydrogen-bond donors (Lipinski definition) is 1. The second-order valence-corrected chi connectivity index (χ2v) is 14.9. The Labute approximate surface area is 185 Å². The Kier molecular flexibility index (Phi) is 12.2. The van der Waals surface area contributed by atoms with Crippen LogP contribution in [0.5, 0.6) is 0 Å². The number of aryl methyl sites for hydroxylation is 1. The molecule has 7 atom stereocenters. The maximum absolute atomic E-state index is 9.64. The summed E-state index contributed by atoms with van der Waals surface area (Å²) >= 11 is 0. The summed E-state index contributed by atoms with van der Waals surface area (Å²) in [5, 5.41) is 9.64. The summed E-state index contributed by atoms with van der Waals surface area (Å²) in [6, 6.07) is 9.01. The average molecular weight is 457 g/mol. The minimum absolute atomic E-state index is 0.321. The van der Waals surface area contributed by atoms with Gasteiger partial charge >= 0.3 is 0 Å². The molecule has 29 heavy (non-hydrogen) atoms. The highest BCUT2D eigenvalue weighted by Crippen LogP contribution is 2.55. The van der Waals surface area contributed by atoms with Crippen LogP contribution in [0.4, 0.5) is 0 Å². The Morgan fingerprint density at radius 1 is 1.17 bits per heavy atom. The van der Waals surface area contributed by atoms with Gasteiger partial charge in [-0.1, -0.05) is 80.8 Å². The predicted octanol–water partition coefficient (Wildman–Crippen LogP) is 7.53. The number of hydrogen-bond acceptors (Lipinski definition) is 2. The Bertz CT molecular complexity index is 581. The summed E-state index contributed by atoms with van der Waals surface area (Å²) in [6.07, 6.45) is 11.3. The number of unbranched alkanes of at least 4 members (excludes halogenated alkanes) is 2. The molecule has 1 aromatic carbocycles. The minimum Gasteiger partial charge on any atom is -0.396 e. The lowest BCUT2D eigenvalue weighted by molar-refractivity contribution is 0.168. The fraction of sp³-hybridized carbons (Fsp3) is 0.750. The lowest BCUT2D eigenvalue weighted by Crippen LogP contribution is -2.22. The highest BCUT2D eigenvalue weighted by atomic mass is 32.4. The van der Waals surface area contributed by atoms with Crippen LogP contribution < -0.4 is 0 Å². The third-order valence-electron chi connectivity index (χ3n) is 6.84. The van der Waals surface area contributed by atoms with Gasteiger partial charge in [-0.2, -0.15) is 0 Å². The van der Waals surface area contributed by atoms with E-state index in [9.17, 15) is 5.11 Å². The minimum atomic E-state index is -0.464. The molecule has 0 radical (unpaired) electrons. The molecule has 0 spiro atoms. The maximum Gasteiger partial charge on any atom is 0.0643 e. The Hall–Kier alpha value is 0.430. The molecule has 1 aliphatic rings. The van der Waals surface area contributed by atoms with Gasteiger partial charge in [-0.15, -0.1) is 0 Å². The molecule has 1 saturated carbocycles. The first-order valence-corrected chi connectivity index (χ1v) is 16.1. The molecule has 0 saturated heterocycles. The van der Waals surface area contributed by atoms with E-state index in [0.717, 1.165) is 24.7 Å². The number of aliphatic hydroxyl groups is 1. The summed E-state index contributed by atoms with van der Waals surface area (Å²) in [7, 11) is 5.20. The van der Waals surface area contributed by atoms with Gasteiger partial charge < -0.3 is 9.63 Å². The van der Waals surface area contributed by atoms with Crippen molar-refractivity contribution >= 4 is 25.4 Å². The van der Waals surface area contributed by atoms with E-state index in [0.29, 0.717) is 24.5 Å². The van der Waals surface area contributed by atoms with Crippen molar-refractivity contribution in [1.29, 1.82) is 0 Å². The van der Waals surface area contributed by atoms with Crippen LogP contribution in [0.15, 0.2) is 24.3 Å². The lowest BCUT2D eigenvalue weighted by atomic mass is 9.78. The normalized spacial score (nSPS) is 25.6. The van der Waals surface area contributed by atoms with Crippen molar-refractivity contribution in [3.8, 4) is 0 Å². The molecule has 5 heteroatoms. The number of benzene rings is 1. The van der Waals surface area contributed by atoms with Crippen LogP contribution in [-0.2, 0) is 10.9 Å². The van der Waals surface area contributed by atoms with Crippen molar-refractivity contribution in [1.82, 2.24) is 0 Å². The predicted molar refractivity (Wildman–Crippen MR) is 135 cm³/mol. The van der Waals surface area contributed by atoms with Crippen molar-refractivity contribution < 1.29 is 9.63 Å². The Balaban J connectivity index is 2.05. The van der Waals surface area contributed by atoms with Crippen molar-refractivity contribution in [3.05, 3.63) is 35.4 Å². The van der Waals surface area contributed by atoms with Crippen LogP contribution in [0.25, 0.3) is 0 Å². The molecule has 1 N–H and O–H groups in total. The van der Waals surface area contributed by atoms with Crippen LogP contribution in [0, 0.1) is 30.6 Å². The molecular formula is C24H43O2P3. The van der Waals surface area contributed by atoms with Crippen LogP contribution >= 0.6 is 25.4 Å². The second kappa shape index (κ2) is 13.8. The van der Waals surface area contributed by atoms with E-state index >= 15 is 0 Å². The van der Waals surface area contributed by atoms with E-state index in [-0.39, 0.29) is 0 Å². The van der Waals surface area contributed by atoms with Crippen molar-refractivity contribution in [2.45, 2.75) is 84.7 Å². The largest absolute Gasteiger partial charge is 0.396 e. The van der Waals surface area contributed by atoms with Gasteiger partial charge in [-0.25, -0.2) is 0 Å². The molecule has 1 aromatic rings. The molecule has 0 aromatic heterocycles. The zero-order valence-corrected chi connectivity index (χ0v) is 21.9. The first kappa shape index (κ1) is 25.7. The first-order valence-electron chi connectivity index (χ1n) is 11.6. The highest BCUT2D eigenvalue weighted by molar-refractivity contribution is 8.41. The summed E-state index contributed by atoms with van der Waals surface area (Å²) in [5.41, 5.74) is 2.81. The summed E-state index contributed by atoms with van der Waals surface area (Å²) in [6.45, 7) is 7.22. The molecule has 2 unspecified atom stereocenters. The molecule has 2 nitrogen and oxygen atoms in total. The van der Waals surface area contributed by atoms with Gasteiger partial charge in [0, 0.05) is 6.61 Å². The third kappa shape index (κ3) is 8.83. The van der Waals surface area contributed by atoms with E-state index in [1.165, 1.54) is 56.1 Å².